The van der Waals surface area contributed by atoms with Crippen molar-refractivity contribution in [1.82, 2.24) is 5.32 Å². The molecule has 0 saturated carbocycles. The number of carbonyl (C=O) groups is 1. The number of benzene rings is 3. The van der Waals surface area contributed by atoms with E-state index in [1.54, 1.807) is 47.8 Å². The fourth-order valence-corrected chi connectivity index (χ4v) is 4.44. The lowest BCUT2D eigenvalue weighted by Gasteiger charge is -2.27. The predicted octanol–water partition coefficient (Wildman–Crippen LogP) is 5.00. The number of aliphatic hydroxyl groups excluding tert-OH is 1. The maximum Gasteiger partial charge on any atom is 0.251 e. The Labute approximate surface area is 237 Å². The van der Waals surface area contributed by atoms with Crippen LogP contribution in [0.25, 0.3) is 0 Å². The van der Waals surface area contributed by atoms with E-state index in [0.29, 0.717) is 28.3 Å². The molecule has 0 aliphatic rings. The molecule has 8 nitrogen and oxygen atoms in total. The van der Waals surface area contributed by atoms with Crippen LogP contribution in [-0.2, 0) is 27.0 Å². The summed E-state index contributed by atoms with van der Waals surface area (Å²) < 4.78 is 25.9. The third-order valence-corrected chi connectivity index (χ3v) is 6.82. The van der Waals surface area contributed by atoms with Crippen LogP contribution < -0.4 is 15.4 Å². The number of nitrogens with two attached hydrogens (primary N) is 1. The number of nitrogens with one attached hydrogen (secondary N) is 1. The average Bonchev–Trinajstić information content (AvgIpc) is 2.91. The zero-order chi connectivity index (χ0) is 28.4. The Morgan fingerprint density at radius 3 is 2.59 bits per heavy atom. The molecular weight excluding hydrogens is 545 g/mol. The number of nitrogens with zero attached hydrogens (tertiary/aromatic N) is 1. The summed E-state index contributed by atoms with van der Waals surface area (Å²) >= 11 is 7.03. The molecule has 3 aromatic rings. The van der Waals surface area contributed by atoms with E-state index < -0.39 is 5.54 Å². The number of aliphatic hydroxyl groups is 1. The van der Waals surface area contributed by atoms with Gasteiger partial charge in [0, 0.05) is 23.3 Å². The van der Waals surface area contributed by atoms with Gasteiger partial charge in [-0.05, 0) is 72.5 Å². The standard InChI is InChI=1S/C28H33ClFN3O5S/c1-19(22-7-9-25(30)10-8-22)32-27(35)23-11-21(13-26(14-23)33(2)39-38-36-3)16-37-18-28(31,17-34)15-20-5-4-6-24(29)12-20/h4-14,19,34H,15-18,31H2,1-3H3,(H,32,35)/t19-,28?/m1/s1. The van der Waals surface area contributed by atoms with Crippen molar-refractivity contribution in [2.24, 2.45) is 5.73 Å². The number of halogens is 2. The second kappa shape index (κ2) is 14.6. The summed E-state index contributed by atoms with van der Waals surface area (Å²) in [4.78, 5) is 17.8. The highest BCUT2D eigenvalue weighted by molar-refractivity contribution is 7.95. The molecule has 39 heavy (non-hydrogen) atoms. The number of hydrogen-bond donors (Lipinski definition) is 3. The van der Waals surface area contributed by atoms with Crippen molar-refractivity contribution in [3.8, 4) is 0 Å². The minimum atomic E-state index is -1.02. The molecule has 210 valence electrons. The van der Waals surface area contributed by atoms with E-state index >= 15 is 0 Å². The number of rotatable bonds is 14. The Balaban J connectivity index is 1.74. The van der Waals surface area contributed by atoms with Gasteiger partial charge in [-0.15, -0.1) is 4.33 Å². The lowest BCUT2D eigenvalue weighted by molar-refractivity contribution is -0.160. The van der Waals surface area contributed by atoms with Crippen molar-refractivity contribution in [2.45, 2.75) is 31.5 Å². The molecule has 0 aliphatic heterocycles. The van der Waals surface area contributed by atoms with Gasteiger partial charge in [0.15, 0.2) is 12.2 Å². The van der Waals surface area contributed by atoms with E-state index in [0.717, 1.165) is 23.4 Å². The fraction of sp³-hybridized carbons (Fsp3) is 0.321. The molecule has 1 unspecified atom stereocenters. The highest BCUT2D eigenvalue weighted by atomic mass is 35.5. The first-order valence-corrected chi connectivity index (χ1v) is 13.2. The number of hydrogen-bond acceptors (Lipinski definition) is 8. The second-order valence-electron chi connectivity index (χ2n) is 9.26. The van der Waals surface area contributed by atoms with Crippen molar-refractivity contribution in [2.75, 3.05) is 31.7 Å². The quantitative estimate of drug-likeness (QED) is 0.106. The fourth-order valence-electron chi connectivity index (χ4n) is 3.88. The summed E-state index contributed by atoms with van der Waals surface area (Å²) in [5.74, 6) is -0.658. The van der Waals surface area contributed by atoms with Crippen LogP contribution in [0.3, 0.4) is 0 Å². The van der Waals surface area contributed by atoms with Crippen molar-refractivity contribution >= 4 is 35.4 Å². The molecule has 2 atom stereocenters. The van der Waals surface area contributed by atoms with Crippen LogP contribution in [0, 0.1) is 5.82 Å². The van der Waals surface area contributed by atoms with Crippen LogP contribution in [0.4, 0.5) is 10.1 Å². The van der Waals surface area contributed by atoms with Crippen LogP contribution in [0.2, 0.25) is 5.02 Å². The SMILES string of the molecule is COOSN(C)c1cc(COCC(N)(CO)Cc2cccc(Cl)c2)cc(C(=O)N[C@H](C)c2ccc(F)cc2)c1. The largest absolute Gasteiger partial charge is 0.394 e. The van der Waals surface area contributed by atoms with Gasteiger partial charge in [0.05, 0.1) is 38.5 Å². The normalized spacial score (nSPS) is 13.5. The third-order valence-electron chi connectivity index (χ3n) is 5.95. The lowest BCUT2D eigenvalue weighted by Crippen LogP contribution is -2.50. The minimum Gasteiger partial charge on any atom is -0.394 e. The highest BCUT2D eigenvalue weighted by Crippen LogP contribution is 2.26. The van der Waals surface area contributed by atoms with Crippen LogP contribution >= 0.6 is 23.8 Å². The van der Waals surface area contributed by atoms with E-state index in [4.69, 9.17) is 26.4 Å². The molecule has 0 saturated heterocycles. The molecule has 0 spiro atoms. The number of amides is 1. The lowest BCUT2D eigenvalue weighted by atomic mass is 9.93. The van der Waals surface area contributed by atoms with Gasteiger partial charge in [-0.25, -0.2) is 9.28 Å². The van der Waals surface area contributed by atoms with Crippen LogP contribution in [-0.4, -0.2) is 43.9 Å². The van der Waals surface area contributed by atoms with Gasteiger partial charge in [0.2, 0.25) is 0 Å². The Bertz CT molecular complexity index is 1240. The number of anilines is 1. The molecular formula is C28H33ClFN3O5S. The number of ether oxygens (including phenoxy) is 1. The Hall–Kier alpha value is -2.70. The molecule has 0 heterocycles. The molecule has 0 aromatic heterocycles. The van der Waals surface area contributed by atoms with Crippen LogP contribution in [0.15, 0.2) is 66.7 Å². The van der Waals surface area contributed by atoms with Gasteiger partial charge in [0.25, 0.3) is 5.91 Å². The molecule has 3 aromatic carbocycles. The summed E-state index contributed by atoms with van der Waals surface area (Å²) in [6.45, 7) is 1.74. The predicted molar refractivity (Wildman–Crippen MR) is 152 cm³/mol. The van der Waals surface area contributed by atoms with Gasteiger partial charge in [0.1, 0.15) is 5.82 Å². The topological polar surface area (TPSA) is 106 Å². The van der Waals surface area contributed by atoms with E-state index in [1.165, 1.54) is 19.2 Å². The molecule has 3 rings (SSSR count). The second-order valence-corrected chi connectivity index (χ2v) is 10.5. The molecule has 11 heteroatoms. The smallest absolute Gasteiger partial charge is 0.251 e. The van der Waals surface area contributed by atoms with Crippen molar-refractivity contribution < 1.29 is 28.2 Å². The van der Waals surface area contributed by atoms with Gasteiger partial charge < -0.3 is 20.9 Å². The molecule has 0 fully saturated rings. The van der Waals surface area contributed by atoms with E-state index in [-0.39, 0.29) is 37.6 Å². The summed E-state index contributed by atoms with van der Waals surface area (Å²) in [5.41, 5.74) is 8.83. The summed E-state index contributed by atoms with van der Waals surface area (Å²) in [5, 5.41) is 13.5. The first-order chi connectivity index (χ1) is 18.6. The molecule has 1 amide bonds. The van der Waals surface area contributed by atoms with Gasteiger partial charge in [-0.1, -0.05) is 35.9 Å². The van der Waals surface area contributed by atoms with Crippen LogP contribution in [0.5, 0.6) is 0 Å². The molecule has 0 bridgehead atoms. The first-order valence-electron chi connectivity index (χ1n) is 12.2. The average molecular weight is 578 g/mol. The van der Waals surface area contributed by atoms with Gasteiger partial charge in [-0.3, -0.25) is 9.10 Å². The zero-order valence-electron chi connectivity index (χ0n) is 22.0. The molecule has 0 aliphatic carbocycles. The molecule has 4 N–H and O–H groups in total. The summed E-state index contributed by atoms with van der Waals surface area (Å²) in [6, 6.07) is 18.2. The van der Waals surface area contributed by atoms with Gasteiger partial charge in [-0.2, -0.15) is 0 Å². The highest BCUT2D eigenvalue weighted by Gasteiger charge is 2.25. The van der Waals surface area contributed by atoms with Crippen molar-refractivity contribution in [1.29, 1.82) is 0 Å². The van der Waals surface area contributed by atoms with E-state index in [1.807, 2.05) is 25.1 Å². The summed E-state index contributed by atoms with van der Waals surface area (Å²) in [7, 11) is 3.15. The molecule has 0 radical (unpaired) electrons. The van der Waals surface area contributed by atoms with Crippen LogP contribution in [0.1, 0.15) is 40.0 Å². The first kappa shape index (κ1) is 30.8. The maximum absolute atomic E-state index is 13.3. The Morgan fingerprint density at radius 1 is 1.18 bits per heavy atom. The Morgan fingerprint density at radius 2 is 1.92 bits per heavy atom. The van der Waals surface area contributed by atoms with E-state index in [9.17, 15) is 14.3 Å². The Kier molecular flexibility index (Phi) is 11.6. The van der Waals surface area contributed by atoms with Crippen molar-refractivity contribution in [3.63, 3.8) is 0 Å². The van der Waals surface area contributed by atoms with E-state index in [2.05, 4.69) is 10.2 Å². The monoisotopic (exact) mass is 577 g/mol. The summed E-state index contributed by atoms with van der Waals surface area (Å²) in [6.07, 6.45) is 0.368. The van der Waals surface area contributed by atoms with Gasteiger partial charge >= 0.3 is 0 Å². The zero-order valence-corrected chi connectivity index (χ0v) is 23.6. The number of carbonyl (C=O) groups excluding carboxylic acids is 1. The minimum absolute atomic E-state index is 0.0702. The third kappa shape index (κ3) is 9.47. The van der Waals surface area contributed by atoms with Crippen molar-refractivity contribution in [3.05, 3.63) is 99.8 Å². The maximum atomic E-state index is 13.3.